The van der Waals surface area contributed by atoms with Gasteiger partial charge in [-0.25, -0.2) is 0 Å². The number of pyridine rings is 1. The quantitative estimate of drug-likeness (QED) is 0.260. The second-order valence-corrected chi connectivity index (χ2v) is 8.60. The summed E-state index contributed by atoms with van der Waals surface area (Å²) in [5.74, 6) is -0.869. The van der Waals surface area contributed by atoms with Gasteiger partial charge in [0.1, 0.15) is 18.1 Å². The standard InChI is InChI=1S/C29H31N3O4/c1-3-31(4-2)17-18-32-26(23-11-8-16-30-19-23)25(28(34)29(32)35)27(33)22-12-14-24(15-13-22)36-20-21-9-6-5-7-10-21/h5-16,19,26,33H,3-4,17-18,20H2,1-2H3/t26-/m0/s1. The van der Waals surface area contributed by atoms with Crippen LogP contribution < -0.4 is 4.74 Å². The average Bonchev–Trinajstić information content (AvgIpc) is 3.18. The van der Waals surface area contributed by atoms with Crippen LogP contribution in [0.2, 0.25) is 0 Å². The Balaban J connectivity index is 1.62. The lowest BCUT2D eigenvalue weighted by atomic mass is 9.96. The lowest BCUT2D eigenvalue weighted by molar-refractivity contribution is -0.140. The lowest BCUT2D eigenvalue weighted by Crippen LogP contribution is -2.38. The fourth-order valence-electron chi connectivity index (χ4n) is 4.39. The molecule has 7 heteroatoms. The van der Waals surface area contributed by atoms with Gasteiger partial charge < -0.3 is 19.6 Å². The highest BCUT2D eigenvalue weighted by Gasteiger charge is 2.46. The topological polar surface area (TPSA) is 83.0 Å². The third-order valence-electron chi connectivity index (χ3n) is 6.47. The van der Waals surface area contributed by atoms with E-state index in [4.69, 9.17) is 4.74 Å². The van der Waals surface area contributed by atoms with Gasteiger partial charge in [0.05, 0.1) is 11.6 Å². The molecule has 0 spiro atoms. The Morgan fingerprint density at radius 2 is 1.72 bits per heavy atom. The molecule has 1 saturated heterocycles. The molecule has 0 unspecified atom stereocenters. The van der Waals surface area contributed by atoms with Crippen LogP contribution in [0.5, 0.6) is 5.75 Å². The molecule has 3 aromatic rings. The molecular formula is C29H31N3O4. The first kappa shape index (κ1) is 25.1. The second-order valence-electron chi connectivity index (χ2n) is 8.60. The molecule has 0 radical (unpaired) electrons. The van der Waals surface area contributed by atoms with Crippen LogP contribution >= 0.6 is 0 Å². The van der Waals surface area contributed by atoms with Crippen LogP contribution in [0.4, 0.5) is 0 Å². The number of ether oxygens (including phenoxy) is 1. The van der Waals surface area contributed by atoms with Gasteiger partial charge in [-0.15, -0.1) is 0 Å². The van der Waals surface area contributed by atoms with Gasteiger partial charge in [-0.2, -0.15) is 0 Å². The van der Waals surface area contributed by atoms with Gasteiger partial charge >= 0.3 is 0 Å². The van der Waals surface area contributed by atoms with E-state index < -0.39 is 17.7 Å². The van der Waals surface area contributed by atoms with Crippen molar-refractivity contribution in [2.45, 2.75) is 26.5 Å². The molecule has 186 valence electrons. The molecule has 1 aliphatic rings. The van der Waals surface area contributed by atoms with Crippen molar-refractivity contribution in [1.29, 1.82) is 0 Å². The molecule has 4 rings (SSSR count). The second kappa shape index (κ2) is 11.6. The van der Waals surface area contributed by atoms with Crippen molar-refractivity contribution in [3.05, 3.63) is 101 Å². The van der Waals surface area contributed by atoms with Crippen LogP contribution in [-0.2, 0) is 16.2 Å². The number of amides is 1. The number of nitrogens with zero attached hydrogens (tertiary/aromatic N) is 3. The van der Waals surface area contributed by atoms with Crippen LogP contribution in [0.3, 0.4) is 0 Å². The number of likely N-dealkylation sites (tertiary alicyclic amines) is 1. The Kier molecular flexibility index (Phi) is 8.13. The Hall–Kier alpha value is -3.97. The number of ketones is 1. The Morgan fingerprint density at radius 3 is 2.36 bits per heavy atom. The van der Waals surface area contributed by atoms with E-state index in [-0.39, 0.29) is 11.3 Å². The van der Waals surface area contributed by atoms with Gasteiger partial charge in [0.15, 0.2) is 0 Å². The minimum atomic E-state index is -0.705. The van der Waals surface area contributed by atoms with Crippen molar-refractivity contribution < 1.29 is 19.4 Å². The fraction of sp³-hybridized carbons (Fsp3) is 0.276. The van der Waals surface area contributed by atoms with E-state index in [1.807, 2.05) is 36.4 Å². The van der Waals surface area contributed by atoms with Crippen molar-refractivity contribution in [3.8, 4) is 5.75 Å². The highest BCUT2D eigenvalue weighted by Crippen LogP contribution is 2.39. The first-order valence-electron chi connectivity index (χ1n) is 12.2. The molecule has 1 amide bonds. The van der Waals surface area contributed by atoms with Crippen LogP contribution in [0.1, 0.15) is 36.6 Å². The Morgan fingerprint density at radius 1 is 1.00 bits per heavy atom. The molecule has 0 aliphatic carbocycles. The van der Waals surface area contributed by atoms with Crippen LogP contribution in [-0.4, -0.2) is 57.8 Å². The summed E-state index contributed by atoms with van der Waals surface area (Å²) in [4.78, 5) is 34.1. The molecule has 1 aromatic heterocycles. The number of likely N-dealkylation sites (N-methyl/N-ethyl adjacent to an activating group) is 1. The number of aliphatic hydroxyl groups excluding tert-OH is 1. The van der Waals surface area contributed by atoms with Crippen LogP contribution in [0.15, 0.2) is 84.7 Å². The molecule has 0 saturated carbocycles. The zero-order valence-electron chi connectivity index (χ0n) is 20.6. The number of benzene rings is 2. The van der Waals surface area contributed by atoms with Gasteiger partial charge in [0, 0.05) is 31.0 Å². The first-order valence-corrected chi connectivity index (χ1v) is 12.2. The summed E-state index contributed by atoms with van der Waals surface area (Å²) in [5, 5.41) is 11.2. The maximum Gasteiger partial charge on any atom is 0.295 e. The predicted molar refractivity (Wildman–Crippen MR) is 138 cm³/mol. The first-order chi connectivity index (χ1) is 17.5. The zero-order chi connectivity index (χ0) is 25.5. The Labute approximate surface area is 211 Å². The normalized spacial score (nSPS) is 17.1. The van der Waals surface area contributed by atoms with Crippen LogP contribution in [0, 0.1) is 0 Å². The monoisotopic (exact) mass is 485 g/mol. The third kappa shape index (κ3) is 5.47. The maximum atomic E-state index is 13.2. The summed E-state index contributed by atoms with van der Waals surface area (Å²) in [7, 11) is 0. The van der Waals surface area contributed by atoms with Crippen molar-refractivity contribution >= 4 is 17.4 Å². The number of aromatic nitrogens is 1. The minimum absolute atomic E-state index is 0.0745. The molecule has 36 heavy (non-hydrogen) atoms. The molecule has 1 atom stereocenters. The number of aliphatic hydroxyl groups is 1. The minimum Gasteiger partial charge on any atom is -0.507 e. The van der Waals surface area contributed by atoms with Gasteiger partial charge in [-0.1, -0.05) is 50.2 Å². The number of Topliss-reactive ketones (excluding diaryl/α,β-unsaturated/α-hetero) is 1. The maximum absolute atomic E-state index is 13.2. The van der Waals surface area contributed by atoms with E-state index in [2.05, 4.69) is 23.7 Å². The van der Waals surface area contributed by atoms with E-state index in [0.29, 0.717) is 36.6 Å². The summed E-state index contributed by atoms with van der Waals surface area (Å²) in [5.41, 5.74) is 2.24. The van der Waals surface area contributed by atoms with E-state index in [0.717, 1.165) is 18.7 Å². The summed E-state index contributed by atoms with van der Waals surface area (Å²) in [6.07, 6.45) is 3.27. The zero-order valence-corrected chi connectivity index (χ0v) is 20.6. The molecule has 1 aliphatic heterocycles. The number of carbonyl (C=O) groups is 2. The molecule has 2 aromatic carbocycles. The molecule has 2 heterocycles. The van der Waals surface area contributed by atoms with Gasteiger partial charge in [0.25, 0.3) is 11.7 Å². The van der Waals surface area contributed by atoms with E-state index in [9.17, 15) is 14.7 Å². The van der Waals surface area contributed by atoms with Gasteiger partial charge in [0.2, 0.25) is 0 Å². The molecular weight excluding hydrogens is 454 g/mol. The Bertz CT molecular complexity index is 1210. The van der Waals surface area contributed by atoms with Crippen molar-refractivity contribution in [1.82, 2.24) is 14.8 Å². The number of carbonyl (C=O) groups excluding carboxylic acids is 2. The number of hydrogen-bond acceptors (Lipinski definition) is 6. The highest BCUT2D eigenvalue weighted by atomic mass is 16.5. The van der Waals surface area contributed by atoms with E-state index in [1.165, 1.54) is 0 Å². The molecule has 0 bridgehead atoms. The number of hydrogen-bond donors (Lipinski definition) is 1. The molecule has 1 fully saturated rings. The largest absolute Gasteiger partial charge is 0.507 e. The SMILES string of the molecule is CCN(CC)CCN1C(=O)C(=O)C(=C(O)c2ccc(OCc3ccccc3)cc2)[C@@H]1c1cccnc1. The predicted octanol–water partition coefficient (Wildman–Crippen LogP) is 4.42. The van der Waals surface area contributed by atoms with Gasteiger partial charge in [-0.05, 0) is 54.5 Å². The van der Waals surface area contributed by atoms with E-state index in [1.54, 1.807) is 47.6 Å². The smallest absolute Gasteiger partial charge is 0.295 e. The summed E-state index contributed by atoms with van der Waals surface area (Å²) < 4.78 is 5.83. The van der Waals surface area contributed by atoms with Crippen molar-refractivity contribution in [2.24, 2.45) is 0 Å². The average molecular weight is 486 g/mol. The van der Waals surface area contributed by atoms with Gasteiger partial charge in [-0.3, -0.25) is 14.6 Å². The molecule has 1 N–H and O–H groups in total. The van der Waals surface area contributed by atoms with E-state index >= 15 is 0 Å². The fourth-order valence-corrected chi connectivity index (χ4v) is 4.39. The van der Waals surface area contributed by atoms with Crippen molar-refractivity contribution in [3.63, 3.8) is 0 Å². The summed E-state index contributed by atoms with van der Waals surface area (Å²) >= 11 is 0. The third-order valence-corrected chi connectivity index (χ3v) is 6.47. The number of rotatable bonds is 10. The lowest BCUT2D eigenvalue weighted by Gasteiger charge is -2.28. The summed E-state index contributed by atoms with van der Waals surface area (Å²) in [6, 6.07) is 19.6. The van der Waals surface area contributed by atoms with Crippen LogP contribution in [0.25, 0.3) is 5.76 Å². The highest BCUT2D eigenvalue weighted by molar-refractivity contribution is 6.46. The summed E-state index contributed by atoms with van der Waals surface area (Å²) in [6.45, 7) is 7.23. The molecule has 7 nitrogen and oxygen atoms in total. The van der Waals surface area contributed by atoms with Crippen molar-refractivity contribution in [2.75, 3.05) is 26.2 Å².